The topological polar surface area (TPSA) is 57.2 Å². The quantitative estimate of drug-likeness (QED) is 0.0467. The van der Waals surface area contributed by atoms with Crippen molar-refractivity contribution in [3.63, 3.8) is 0 Å². The number of benzene rings is 1. The number of rotatable bonds is 31. The van der Waals surface area contributed by atoms with Crippen molar-refractivity contribution in [1.82, 2.24) is 0 Å². The van der Waals surface area contributed by atoms with Crippen LogP contribution in [0.4, 0.5) is 0 Å². The molecule has 0 amide bonds. The fraction of sp³-hybridized carbons (Fsp3) is 0.842. The first-order valence-electron chi connectivity index (χ1n) is 18.6. The number of hydrogen-bond donors (Lipinski definition) is 0. The van der Waals surface area contributed by atoms with Crippen molar-refractivity contribution < 1.29 is 42.5 Å². The minimum Gasteiger partial charge on any atom is -0.744 e. The van der Waals surface area contributed by atoms with Crippen LogP contribution in [0.15, 0.2) is 23.1 Å². The molecule has 0 radical (unpaired) electrons. The van der Waals surface area contributed by atoms with E-state index in [1.807, 2.05) is 0 Å². The maximum absolute atomic E-state index is 12.0. The third-order valence-electron chi connectivity index (χ3n) is 9.08. The molecule has 0 aliphatic rings. The Kier molecular flexibility index (Phi) is 30.9. The van der Waals surface area contributed by atoms with Gasteiger partial charge in [-0.05, 0) is 42.9 Å². The molecule has 0 unspecified atom stereocenters. The molecule has 0 aromatic heterocycles. The molecule has 5 heteroatoms. The minimum atomic E-state index is -4.43. The molecule has 0 atom stereocenters. The molecule has 0 spiro atoms. The van der Waals surface area contributed by atoms with Gasteiger partial charge in [0, 0.05) is 0 Å². The largest absolute Gasteiger partial charge is 1.00 e. The summed E-state index contributed by atoms with van der Waals surface area (Å²) in [6, 6.07) is 5.34. The van der Waals surface area contributed by atoms with Gasteiger partial charge in [-0.15, -0.1) is 0 Å². The third kappa shape index (κ3) is 25.0. The van der Waals surface area contributed by atoms with Crippen molar-refractivity contribution in [2.75, 3.05) is 0 Å². The summed E-state index contributed by atoms with van der Waals surface area (Å²) >= 11 is 0. The Balaban J connectivity index is 0.0000176. The first-order valence-corrected chi connectivity index (χ1v) is 20.0. The van der Waals surface area contributed by atoms with Crippen molar-refractivity contribution in [1.29, 1.82) is 0 Å². The van der Waals surface area contributed by atoms with E-state index < -0.39 is 10.1 Å². The smallest absolute Gasteiger partial charge is 0.744 e. The molecule has 0 bridgehead atoms. The second kappa shape index (κ2) is 30.8. The van der Waals surface area contributed by atoms with Crippen molar-refractivity contribution in [3.8, 4) is 0 Å². The van der Waals surface area contributed by atoms with Crippen LogP contribution in [-0.2, 0) is 23.0 Å². The standard InChI is InChI=1S/C38H70O3S.Na/c1-3-5-7-9-11-13-15-17-19-21-23-25-27-29-32-36-33-31-35-38(42(39,40)41)37(36)34-30-28-26-24-22-20-18-16-14-12-10-8-6-4-2;/h31,33,35H,3-30,32,34H2,1-2H3,(H,39,40,41);/q;+1/p-1. The van der Waals surface area contributed by atoms with Gasteiger partial charge >= 0.3 is 29.6 Å². The van der Waals surface area contributed by atoms with Crippen molar-refractivity contribution in [2.45, 2.75) is 211 Å². The van der Waals surface area contributed by atoms with E-state index in [0.717, 1.165) is 36.8 Å². The molecule has 0 aliphatic carbocycles. The second-order valence-electron chi connectivity index (χ2n) is 13.0. The molecule has 0 heterocycles. The molecule has 0 fully saturated rings. The summed E-state index contributed by atoms with van der Waals surface area (Å²) in [6.07, 6.45) is 38.5. The second-order valence-corrected chi connectivity index (χ2v) is 14.4. The van der Waals surface area contributed by atoms with E-state index in [-0.39, 0.29) is 34.5 Å². The Bertz CT molecular complexity index is 840. The summed E-state index contributed by atoms with van der Waals surface area (Å²) in [5, 5.41) is 0. The Labute approximate surface area is 291 Å². The molecule has 1 aromatic carbocycles. The predicted molar refractivity (Wildman–Crippen MR) is 182 cm³/mol. The molecular formula is C38H69NaO3S. The molecule has 0 N–H and O–H groups in total. The maximum atomic E-state index is 12.0. The first-order chi connectivity index (χ1) is 20.5. The van der Waals surface area contributed by atoms with E-state index >= 15 is 0 Å². The van der Waals surface area contributed by atoms with Gasteiger partial charge < -0.3 is 4.55 Å². The zero-order valence-electron chi connectivity index (χ0n) is 29.1. The summed E-state index contributed by atoms with van der Waals surface area (Å²) in [5.41, 5.74) is 1.89. The van der Waals surface area contributed by atoms with Gasteiger partial charge in [0.1, 0.15) is 10.1 Å². The third-order valence-corrected chi connectivity index (χ3v) is 10.0. The Hall–Kier alpha value is 0.130. The number of unbranched alkanes of at least 4 members (excludes halogenated alkanes) is 26. The summed E-state index contributed by atoms with van der Waals surface area (Å²) < 4.78 is 36.0. The Morgan fingerprint density at radius 2 is 0.767 bits per heavy atom. The summed E-state index contributed by atoms with van der Waals surface area (Å²) in [7, 11) is -4.43. The van der Waals surface area contributed by atoms with Gasteiger partial charge in [-0.1, -0.05) is 193 Å². The van der Waals surface area contributed by atoms with Gasteiger partial charge in [0.2, 0.25) is 0 Å². The van der Waals surface area contributed by atoms with Gasteiger partial charge in [-0.3, -0.25) is 0 Å². The van der Waals surface area contributed by atoms with E-state index in [9.17, 15) is 13.0 Å². The normalized spacial score (nSPS) is 11.6. The van der Waals surface area contributed by atoms with Crippen LogP contribution in [0.3, 0.4) is 0 Å². The molecule has 0 saturated heterocycles. The zero-order chi connectivity index (χ0) is 30.6. The van der Waals surface area contributed by atoms with Crippen LogP contribution in [0.1, 0.15) is 205 Å². The molecule has 246 valence electrons. The summed E-state index contributed by atoms with van der Waals surface area (Å²) in [6.45, 7) is 4.55. The van der Waals surface area contributed by atoms with Crippen LogP contribution >= 0.6 is 0 Å². The van der Waals surface area contributed by atoms with E-state index in [1.165, 1.54) is 167 Å². The summed E-state index contributed by atoms with van der Waals surface area (Å²) in [5.74, 6) is 0. The van der Waals surface area contributed by atoms with Crippen molar-refractivity contribution >= 4 is 10.1 Å². The average Bonchev–Trinajstić information content (AvgIpc) is 2.97. The number of hydrogen-bond acceptors (Lipinski definition) is 3. The molecule has 0 aliphatic heterocycles. The van der Waals surface area contributed by atoms with Crippen LogP contribution < -0.4 is 29.6 Å². The summed E-state index contributed by atoms with van der Waals surface area (Å²) in [4.78, 5) is 0.0278. The predicted octanol–water partition coefficient (Wildman–Crippen LogP) is 9.64. The van der Waals surface area contributed by atoms with E-state index in [4.69, 9.17) is 0 Å². The molecule has 1 aromatic rings. The zero-order valence-corrected chi connectivity index (χ0v) is 31.9. The van der Waals surface area contributed by atoms with Gasteiger partial charge in [0.15, 0.2) is 0 Å². The van der Waals surface area contributed by atoms with E-state index in [1.54, 1.807) is 6.07 Å². The van der Waals surface area contributed by atoms with Crippen LogP contribution in [0, 0.1) is 0 Å². The molecule has 43 heavy (non-hydrogen) atoms. The molecule has 3 nitrogen and oxygen atoms in total. The monoisotopic (exact) mass is 628 g/mol. The van der Waals surface area contributed by atoms with Gasteiger partial charge in [0.05, 0.1) is 4.90 Å². The first kappa shape index (κ1) is 43.1. The van der Waals surface area contributed by atoms with Gasteiger partial charge in [0.25, 0.3) is 0 Å². The van der Waals surface area contributed by atoms with Crippen LogP contribution in [0.2, 0.25) is 0 Å². The van der Waals surface area contributed by atoms with Crippen molar-refractivity contribution in [3.05, 3.63) is 29.3 Å². The molecular weight excluding hydrogens is 559 g/mol. The molecule has 1 rings (SSSR count). The van der Waals surface area contributed by atoms with Crippen molar-refractivity contribution in [2.24, 2.45) is 0 Å². The van der Waals surface area contributed by atoms with E-state index in [0.29, 0.717) is 6.42 Å². The fourth-order valence-corrected chi connectivity index (χ4v) is 7.15. The van der Waals surface area contributed by atoms with Crippen LogP contribution in [0.5, 0.6) is 0 Å². The Morgan fingerprint density at radius 3 is 1.09 bits per heavy atom. The van der Waals surface area contributed by atoms with Gasteiger partial charge in [-0.2, -0.15) is 0 Å². The maximum Gasteiger partial charge on any atom is 1.00 e. The average molecular weight is 629 g/mol. The fourth-order valence-electron chi connectivity index (χ4n) is 6.37. The Morgan fingerprint density at radius 1 is 0.465 bits per heavy atom. The van der Waals surface area contributed by atoms with Crippen LogP contribution in [0.25, 0.3) is 0 Å². The minimum absolute atomic E-state index is 0. The number of aryl methyl sites for hydroxylation is 1. The van der Waals surface area contributed by atoms with Gasteiger partial charge in [-0.25, -0.2) is 8.42 Å². The van der Waals surface area contributed by atoms with E-state index in [2.05, 4.69) is 19.9 Å². The van der Waals surface area contributed by atoms with Crippen LogP contribution in [-0.4, -0.2) is 13.0 Å². The molecule has 0 saturated carbocycles. The SMILES string of the molecule is CCCCCCCCCCCCCCCCc1cccc(S(=O)(=O)[O-])c1CCCCCCCCCCCCCCCC.[Na+].